The Morgan fingerprint density at radius 3 is 2.41 bits per heavy atom. The molecule has 1 aliphatic carbocycles. The summed E-state index contributed by atoms with van der Waals surface area (Å²) in [5.74, 6) is 0.0863. The van der Waals surface area contributed by atoms with Crippen molar-refractivity contribution in [2.24, 2.45) is 5.73 Å². The molecule has 1 heterocycles. The maximum atomic E-state index is 12.1. The minimum Gasteiger partial charge on any atom is -0.367 e. The highest BCUT2D eigenvalue weighted by atomic mass is 32.2. The summed E-state index contributed by atoms with van der Waals surface area (Å²) in [5.41, 5.74) is 6.25. The van der Waals surface area contributed by atoms with Crippen molar-refractivity contribution in [2.45, 2.75) is 30.2 Å². The fraction of sp³-hybridized carbons (Fsp3) is 0.353. The van der Waals surface area contributed by atoms with Gasteiger partial charge in [-0.05, 0) is 43.5 Å². The summed E-state index contributed by atoms with van der Waals surface area (Å²) in [4.78, 5) is 20.2. The van der Waals surface area contributed by atoms with Crippen LogP contribution in [0, 0.1) is 0 Å². The zero-order chi connectivity index (χ0) is 19.6. The SMILES string of the molecule is CN(C)S(=O)(=O)c1ccc(Nc2ncc(C(N)=O)c(NC3CCC3)n2)cc1. The van der Waals surface area contributed by atoms with Gasteiger partial charge in [0.15, 0.2) is 0 Å². The number of carbonyl (C=O) groups is 1. The Bertz CT molecular complexity index is 940. The summed E-state index contributed by atoms with van der Waals surface area (Å²) in [6.07, 6.45) is 4.56. The summed E-state index contributed by atoms with van der Waals surface area (Å²) >= 11 is 0. The van der Waals surface area contributed by atoms with E-state index in [0.29, 0.717) is 11.5 Å². The van der Waals surface area contributed by atoms with E-state index in [1.807, 2.05) is 0 Å². The number of nitrogens with zero attached hydrogens (tertiary/aromatic N) is 3. The number of carbonyl (C=O) groups excluding carboxylic acids is 1. The molecule has 1 aromatic carbocycles. The van der Waals surface area contributed by atoms with Gasteiger partial charge < -0.3 is 16.4 Å². The minimum absolute atomic E-state index is 0.190. The number of rotatable bonds is 7. The van der Waals surface area contributed by atoms with Crippen LogP contribution in [0.5, 0.6) is 0 Å². The molecule has 1 amide bonds. The molecule has 3 rings (SSSR count). The standard InChI is InChI=1S/C17H22N6O3S/c1-23(2)27(25,26)13-8-6-12(7-9-13)21-17-19-10-14(15(18)24)16(22-17)20-11-4-3-5-11/h6-11H,3-5H2,1-2H3,(H2,18,24)(H2,19,20,21,22). The van der Waals surface area contributed by atoms with Crippen LogP contribution in [-0.2, 0) is 10.0 Å². The van der Waals surface area contributed by atoms with Crippen molar-refractivity contribution in [3.05, 3.63) is 36.0 Å². The van der Waals surface area contributed by atoms with E-state index in [1.165, 1.54) is 32.4 Å². The average Bonchev–Trinajstić information content (AvgIpc) is 2.58. The molecular weight excluding hydrogens is 368 g/mol. The molecule has 1 saturated carbocycles. The van der Waals surface area contributed by atoms with Crippen molar-refractivity contribution in [1.82, 2.24) is 14.3 Å². The molecule has 144 valence electrons. The second-order valence-corrected chi connectivity index (χ2v) is 8.68. The molecule has 0 aliphatic heterocycles. The first-order valence-electron chi connectivity index (χ1n) is 8.50. The fourth-order valence-corrected chi connectivity index (χ4v) is 3.43. The lowest BCUT2D eigenvalue weighted by molar-refractivity contribution is 0.100. The van der Waals surface area contributed by atoms with Gasteiger partial charge in [-0.25, -0.2) is 17.7 Å². The summed E-state index contributed by atoms with van der Waals surface area (Å²) in [6.45, 7) is 0. The fourth-order valence-electron chi connectivity index (χ4n) is 2.53. The smallest absolute Gasteiger partial charge is 0.254 e. The minimum atomic E-state index is -3.49. The topological polar surface area (TPSA) is 130 Å². The van der Waals surface area contributed by atoms with Gasteiger partial charge in [-0.3, -0.25) is 4.79 Å². The van der Waals surface area contributed by atoms with Crippen molar-refractivity contribution < 1.29 is 13.2 Å². The highest BCUT2D eigenvalue weighted by Gasteiger charge is 2.21. The molecule has 1 fully saturated rings. The third-order valence-electron chi connectivity index (χ3n) is 4.39. The number of primary amides is 1. The lowest BCUT2D eigenvalue weighted by Crippen LogP contribution is -2.29. The van der Waals surface area contributed by atoms with Crippen LogP contribution in [-0.4, -0.2) is 48.7 Å². The molecule has 0 spiro atoms. The Kier molecular flexibility index (Phi) is 5.29. The van der Waals surface area contributed by atoms with Crippen LogP contribution in [0.3, 0.4) is 0 Å². The maximum Gasteiger partial charge on any atom is 0.254 e. The van der Waals surface area contributed by atoms with Crippen molar-refractivity contribution in [2.75, 3.05) is 24.7 Å². The Hall–Kier alpha value is -2.72. The average molecular weight is 390 g/mol. The molecule has 0 saturated heterocycles. The third kappa shape index (κ3) is 4.17. The summed E-state index contributed by atoms with van der Waals surface area (Å²) in [7, 11) is -0.529. The predicted molar refractivity (Wildman–Crippen MR) is 102 cm³/mol. The van der Waals surface area contributed by atoms with Gasteiger partial charge in [-0.2, -0.15) is 4.98 Å². The van der Waals surface area contributed by atoms with Crippen LogP contribution in [0.2, 0.25) is 0 Å². The summed E-state index contributed by atoms with van der Waals surface area (Å²) < 4.78 is 25.4. The number of aromatic nitrogens is 2. The van der Waals surface area contributed by atoms with E-state index < -0.39 is 15.9 Å². The molecule has 9 nitrogen and oxygen atoms in total. The highest BCUT2D eigenvalue weighted by Crippen LogP contribution is 2.25. The van der Waals surface area contributed by atoms with E-state index in [-0.39, 0.29) is 22.4 Å². The van der Waals surface area contributed by atoms with Gasteiger partial charge in [0, 0.05) is 32.0 Å². The van der Waals surface area contributed by atoms with Crippen molar-refractivity contribution >= 4 is 33.4 Å². The van der Waals surface area contributed by atoms with Crippen molar-refractivity contribution in [1.29, 1.82) is 0 Å². The number of hydrogen-bond acceptors (Lipinski definition) is 7. The third-order valence-corrected chi connectivity index (χ3v) is 6.22. The van der Waals surface area contributed by atoms with Crippen molar-refractivity contribution in [3.8, 4) is 0 Å². The normalized spacial score (nSPS) is 14.6. The lowest BCUT2D eigenvalue weighted by Gasteiger charge is -2.27. The van der Waals surface area contributed by atoms with Gasteiger partial charge in [0.05, 0.1) is 10.5 Å². The van der Waals surface area contributed by atoms with Gasteiger partial charge in [-0.15, -0.1) is 0 Å². The molecule has 10 heteroatoms. The van der Waals surface area contributed by atoms with E-state index >= 15 is 0 Å². The number of amides is 1. The van der Waals surface area contributed by atoms with Gasteiger partial charge in [0.2, 0.25) is 16.0 Å². The van der Waals surface area contributed by atoms with E-state index in [2.05, 4.69) is 20.6 Å². The van der Waals surface area contributed by atoms with E-state index in [4.69, 9.17) is 5.73 Å². The largest absolute Gasteiger partial charge is 0.367 e. The van der Waals surface area contributed by atoms with Gasteiger partial charge in [0.1, 0.15) is 5.82 Å². The van der Waals surface area contributed by atoms with Crippen LogP contribution in [0.4, 0.5) is 17.5 Å². The molecule has 2 aromatic rings. The quantitative estimate of drug-likeness (QED) is 0.653. The van der Waals surface area contributed by atoms with Crippen LogP contribution < -0.4 is 16.4 Å². The Morgan fingerprint density at radius 1 is 1.22 bits per heavy atom. The predicted octanol–water partition coefficient (Wildman–Crippen LogP) is 1.53. The zero-order valence-corrected chi connectivity index (χ0v) is 16.0. The molecule has 0 radical (unpaired) electrons. The van der Waals surface area contributed by atoms with Crippen molar-refractivity contribution in [3.63, 3.8) is 0 Å². The molecular formula is C17H22N6O3S. The summed E-state index contributed by atoms with van der Waals surface area (Å²) in [6, 6.07) is 6.54. The number of nitrogens with two attached hydrogens (primary N) is 1. The number of hydrogen-bond donors (Lipinski definition) is 3. The molecule has 1 aromatic heterocycles. The Labute approximate surface area is 158 Å². The van der Waals surface area contributed by atoms with Gasteiger partial charge in [0.25, 0.3) is 5.91 Å². The highest BCUT2D eigenvalue weighted by molar-refractivity contribution is 7.89. The first-order chi connectivity index (χ1) is 12.8. The van der Waals surface area contributed by atoms with E-state index in [1.54, 1.807) is 12.1 Å². The second-order valence-electron chi connectivity index (χ2n) is 6.53. The molecule has 4 N–H and O–H groups in total. The molecule has 0 bridgehead atoms. The second kappa shape index (κ2) is 7.49. The maximum absolute atomic E-state index is 12.1. The van der Waals surface area contributed by atoms with Crippen LogP contribution in [0.15, 0.2) is 35.4 Å². The zero-order valence-electron chi connectivity index (χ0n) is 15.1. The Morgan fingerprint density at radius 2 is 1.89 bits per heavy atom. The first kappa shape index (κ1) is 19.1. The molecule has 27 heavy (non-hydrogen) atoms. The molecule has 0 atom stereocenters. The van der Waals surface area contributed by atoms with Crippen LogP contribution in [0.1, 0.15) is 29.6 Å². The number of anilines is 3. The first-order valence-corrected chi connectivity index (χ1v) is 9.94. The summed E-state index contributed by atoms with van der Waals surface area (Å²) in [5, 5.41) is 6.22. The number of sulfonamides is 1. The Balaban J connectivity index is 1.80. The monoisotopic (exact) mass is 390 g/mol. The van der Waals surface area contributed by atoms with Crippen LogP contribution in [0.25, 0.3) is 0 Å². The number of benzene rings is 1. The van der Waals surface area contributed by atoms with E-state index in [0.717, 1.165) is 23.6 Å². The van der Waals surface area contributed by atoms with E-state index in [9.17, 15) is 13.2 Å². The molecule has 1 aliphatic rings. The molecule has 0 unspecified atom stereocenters. The van der Waals surface area contributed by atoms with Gasteiger partial charge >= 0.3 is 0 Å². The lowest BCUT2D eigenvalue weighted by atomic mass is 9.93. The van der Waals surface area contributed by atoms with Gasteiger partial charge in [-0.1, -0.05) is 0 Å². The number of nitrogens with one attached hydrogen (secondary N) is 2. The van der Waals surface area contributed by atoms with Crippen LogP contribution >= 0.6 is 0 Å².